The van der Waals surface area contributed by atoms with Crippen molar-refractivity contribution in [3.63, 3.8) is 0 Å². The zero-order chi connectivity index (χ0) is 11.4. The second kappa shape index (κ2) is 4.94. The van der Waals surface area contributed by atoms with Crippen molar-refractivity contribution in [1.82, 2.24) is 9.56 Å². The van der Waals surface area contributed by atoms with Gasteiger partial charge in [-0.2, -0.15) is 0 Å². The Hall–Kier alpha value is -1.61. The van der Waals surface area contributed by atoms with Crippen molar-refractivity contribution in [1.29, 1.82) is 0 Å². The maximum Gasteiger partial charge on any atom is 0.327 e. The lowest BCUT2D eigenvalue weighted by Crippen LogP contribution is -2.02. The number of thioether (sulfide) groups is 1. The van der Waals surface area contributed by atoms with E-state index in [1.165, 1.54) is 4.90 Å². The van der Waals surface area contributed by atoms with Crippen LogP contribution in [0.25, 0.3) is 0 Å². The highest BCUT2D eigenvalue weighted by atomic mass is 32.2. The predicted octanol–water partition coefficient (Wildman–Crippen LogP) is 3.34. The molecule has 0 aliphatic carbocycles. The number of pyridine rings is 1. The summed E-state index contributed by atoms with van der Waals surface area (Å²) in [4.78, 5) is 5.48. The minimum Gasteiger partial charge on any atom is -0.202 e. The minimum atomic E-state index is 0.851. The quantitative estimate of drug-likeness (QED) is 0.456. The summed E-state index contributed by atoms with van der Waals surface area (Å²) >= 11 is 1.71. The molecule has 0 saturated carbocycles. The first kappa shape index (κ1) is 10.9. The Labute approximate surface area is 99.7 Å². The van der Waals surface area contributed by atoms with Crippen LogP contribution in [0.3, 0.4) is 0 Å². The molecule has 2 aromatic rings. The van der Waals surface area contributed by atoms with Crippen LogP contribution in [0.5, 0.6) is 0 Å². The molecule has 0 radical (unpaired) electrons. The van der Waals surface area contributed by atoms with Crippen LogP contribution in [0, 0.1) is 0 Å². The first-order chi connectivity index (χ1) is 7.83. The lowest BCUT2D eigenvalue weighted by molar-refractivity contribution is 1.01. The van der Waals surface area contributed by atoms with Gasteiger partial charge in [-0.05, 0) is 29.4 Å². The third-order valence-corrected chi connectivity index (χ3v) is 3.09. The van der Waals surface area contributed by atoms with Crippen LogP contribution in [0.4, 0.5) is 11.5 Å². The van der Waals surface area contributed by atoms with Crippen LogP contribution < -0.4 is 4.58 Å². The van der Waals surface area contributed by atoms with Gasteiger partial charge in [0.2, 0.25) is 0 Å². The van der Waals surface area contributed by atoms with Crippen LogP contribution in [0.2, 0.25) is 0 Å². The fourth-order valence-corrected chi connectivity index (χ4v) is 2.09. The molecule has 0 aliphatic heterocycles. The molecule has 1 heterocycles. The Morgan fingerprint density at radius 3 is 2.56 bits per heavy atom. The number of hydrogen-bond donors (Lipinski definition) is 0. The first-order valence-electron chi connectivity index (χ1n) is 4.97. The SMILES string of the molecule is C=[N+](c1ccccn1)c1ccccc1SC. The van der Waals surface area contributed by atoms with Crippen LogP contribution in [0.1, 0.15) is 0 Å². The van der Waals surface area contributed by atoms with E-state index in [1.54, 1.807) is 18.0 Å². The summed E-state index contributed by atoms with van der Waals surface area (Å²) in [5.41, 5.74) is 1.08. The molecule has 3 heteroatoms. The van der Waals surface area contributed by atoms with Crippen molar-refractivity contribution in [2.45, 2.75) is 4.90 Å². The maximum absolute atomic E-state index is 4.28. The van der Waals surface area contributed by atoms with Gasteiger partial charge in [0.25, 0.3) is 0 Å². The van der Waals surface area contributed by atoms with Gasteiger partial charge in [-0.15, -0.1) is 11.8 Å². The van der Waals surface area contributed by atoms with E-state index >= 15 is 0 Å². The molecule has 2 rings (SSSR count). The van der Waals surface area contributed by atoms with Crippen molar-refractivity contribution in [3.8, 4) is 0 Å². The van der Waals surface area contributed by atoms with Crippen LogP contribution in [-0.2, 0) is 0 Å². The van der Waals surface area contributed by atoms with Gasteiger partial charge in [0, 0.05) is 6.07 Å². The van der Waals surface area contributed by atoms with Crippen LogP contribution in [0.15, 0.2) is 53.6 Å². The lowest BCUT2D eigenvalue weighted by Gasteiger charge is -2.05. The standard InChI is InChI=1S/C13H13N2S/c1-15(13-9-5-6-10-14-13)11-7-3-4-8-12(11)16-2/h3-10H,1H2,2H3/q+1. The molecule has 0 unspecified atom stereocenters. The van der Waals surface area contributed by atoms with E-state index in [0.29, 0.717) is 0 Å². The average Bonchev–Trinajstić information content (AvgIpc) is 2.39. The summed E-state index contributed by atoms with van der Waals surface area (Å²) in [6.07, 6.45) is 3.83. The molecule has 1 aromatic carbocycles. The number of para-hydroxylation sites is 1. The zero-order valence-electron chi connectivity index (χ0n) is 9.13. The minimum absolute atomic E-state index is 0.851. The molecule has 0 saturated heterocycles. The topological polar surface area (TPSA) is 15.9 Å². The number of rotatable bonds is 3. The largest absolute Gasteiger partial charge is 0.327 e. The molecule has 0 fully saturated rings. The Kier molecular flexibility index (Phi) is 3.37. The fourth-order valence-electron chi connectivity index (χ4n) is 1.49. The Bertz CT molecular complexity index is 494. The number of nitrogens with zero attached hydrogens (tertiary/aromatic N) is 2. The zero-order valence-corrected chi connectivity index (χ0v) is 9.95. The van der Waals surface area contributed by atoms with E-state index in [1.807, 2.05) is 41.0 Å². The van der Waals surface area contributed by atoms with Gasteiger partial charge >= 0.3 is 5.82 Å². The Morgan fingerprint density at radius 2 is 1.88 bits per heavy atom. The van der Waals surface area contributed by atoms with Crippen molar-refractivity contribution < 1.29 is 0 Å². The van der Waals surface area contributed by atoms with Gasteiger partial charge in [0.05, 0.1) is 11.6 Å². The molecule has 2 nitrogen and oxygen atoms in total. The van der Waals surface area contributed by atoms with Crippen molar-refractivity contribution in [2.75, 3.05) is 6.26 Å². The highest BCUT2D eigenvalue weighted by Crippen LogP contribution is 2.28. The summed E-state index contributed by atoms with van der Waals surface area (Å²) in [5, 5.41) is 0. The average molecular weight is 229 g/mol. The Balaban J connectivity index is 2.42. The summed E-state index contributed by atoms with van der Waals surface area (Å²) < 4.78 is 1.85. The van der Waals surface area contributed by atoms with Gasteiger partial charge in [-0.3, -0.25) is 0 Å². The second-order valence-electron chi connectivity index (χ2n) is 3.29. The van der Waals surface area contributed by atoms with E-state index in [0.717, 1.165) is 11.5 Å². The molecule has 0 aliphatic rings. The number of hydrogen-bond acceptors (Lipinski definition) is 2. The maximum atomic E-state index is 4.28. The van der Waals surface area contributed by atoms with E-state index in [9.17, 15) is 0 Å². The normalized spacial score (nSPS) is 10.1. The third-order valence-electron chi connectivity index (χ3n) is 2.30. The molecular formula is C13H13N2S+. The number of aromatic nitrogens is 1. The van der Waals surface area contributed by atoms with Gasteiger partial charge in [-0.25, -0.2) is 4.58 Å². The van der Waals surface area contributed by atoms with Gasteiger partial charge in [-0.1, -0.05) is 18.2 Å². The Morgan fingerprint density at radius 1 is 1.12 bits per heavy atom. The van der Waals surface area contributed by atoms with Crippen LogP contribution >= 0.6 is 11.8 Å². The fraction of sp³-hybridized carbons (Fsp3) is 0.0769. The first-order valence-corrected chi connectivity index (χ1v) is 6.20. The molecule has 0 amide bonds. The summed E-state index contributed by atoms with van der Waals surface area (Å²) in [7, 11) is 0. The lowest BCUT2D eigenvalue weighted by atomic mass is 10.3. The van der Waals surface area contributed by atoms with Gasteiger partial charge < -0.3 is 0 Å². The van der Waals surface area contributed by atoms with E-state index in [2.05, 4.69) is 24.0 Å². The third kappa shape index (κ3) is 2.14. The van der Waals surface area contributed by atoms with Crippen LogP contribution in [-0.4, -0.2) is 18.0 Å². The van der Waals surface area contributed by atoms with E-state index < -0.39 is 0 Å². The highest BCUT2D eigenvalue weighted by molar-refractivity contribution is 7.98. The van der Waals surface area contributed by atoms with Gasteiger partial charge in [0.15, 0.2) is 0 Å². The molecule has 0 atom stereocenters. The second-order valence-corrected chi connectivity index (χ2v) is 4.14. The molecule has 16 heavy (non-hydrogen) atoms. The molecule has 0 spiro atoms. The smallest absolute Gasteiger partial charge is 0.202 e. The van der Waals surface area contributed by atoms with E-state index in [4.69, 9.17) is 0 Å². The molecular weight excluding hydrogens is 216 g/mol. The molecule has 0 bridgehead atoms. The highest BCUT2D eigenvalue weighted by Gasteiger charge is 2.12. The summed E-state index contributed by atoms with van der Waals surface area (Å²) in [5.74, 6) is 0.851. The van der Waals surface area contributed by atoms with Gasteiger partial charge in [0.1, 0.15) is 11.9 Å². The summed E-state index contributed by atoms with van der Waals surface area (Å²) in [6, 6.07) is 14.0. The molecule has 0 N–H and O–H groups in total. The molecule has 1 aromatic heterocycles. The van der Waals surface area contributed by atoms with Crippen molar-refractivity contribution >= 4 is 30.0 Å². The molecule has 80 valence electrons. The monoisotopic (exact) mass is 229 g/mol. The number of benzene rings is 1. The summed E-state index contributed by atoms with van der Waals surface area (Å²) in [6.45, 7) is 4.04. The van der Waals surface area contributed by atoms with Crippen molar-refractivity contribution in [3.05, 3.63) is 48.7 Å². The van der Waals surface area contributed by atoms with Crippen molar-refractivity contribution in [2.24, 2.45) is 0 Å². The predicted molar refractivity (Wildman–Crippen MR) is 71.0 cm³/mol. The van der Waals surface area contributed by atoms with E-state index in [-0.39, 0.29) is 0 Å².